The van der Waals surface area contributed by atoms with E-state index in [1.165, 1.54) is 27.7 Å². The van der Waals surface area contributed by atoms with Crippen LogP contribution >= 0.6 is 0 Å². The van der Waals surface area contributed by atoms with E-state index in [1.807, 2.05) is 0 Å². The van der Waals surface area contributed by atoms with Gasteiger partial charge in [-0.25, -0.2) is 0 Å². The van der Waals surface area contributed by atoms with E-state index in [4.69, 9.17) is 4.65 Å². The summed E-state index contributed by atoms with van der Waals surface area (Å²) in [4.78, 5) is 0. The molecule has 0 N–H and O–H groups in total. The lowest BCUT2D eigenvalue weighted by Gasteiger charge is -2.34. The molecular weight excluding hydrogens is 327 g/mol. The molecule has 0 saturated carbocycles. The maximum atomic E-state index is 6.36. The fourth-order valence-corrected chi connectivity index (χ4v) is 3.83. The van der Waals surface area contributed by atoms with Crippen molar-refractivity contribution in [2.45, 2.75) is 39.6 Å². The molecule has 0 bridgehead atoms. The van der Waals surface area contributed by atoms with Crippen molar-refractivity contribution >= 4 is 12.4 Å². The smallest absolute Gasteiger partial charge is 0.327 e. The Labute approximate surface area is 163 Å². The fraction of sp³-hybridized carbons (Fsp3) is 0.280. The maximum absolute atomic E-state index is 6.36. The second kappa shape index (κ2) is 6.69. The third kappa shape index (κ3) is 3.47. The highest BCUT2D eigenvalue weighted by molar-refractivity contribution is 6.68. The van der Waals surface area contributed by atoms with Crippen molar-refractivity contribution < 1.29 is 4.65 Å². The molecule has 0 unspecified atom stereocenters. The van der Waals surface area contributed by atoms with Gasteiger partial charge in [0.2, 0.25) is 0 Å². The van der Waals surface area contributed by atoms with Crippen LogP contribution in [0.5, 0.6) is 0 Å². The van der Waals surface area contributed by atoms with Crippen LogP contribution in [0.1, 0.15) is 27.7 Å². The summed E-state index contributed by atoms with van der Waals surface area (Å²) in [5, 5.41) is 0. The zero-order chi connectivity index (χ0) is 19.1. The zero-order valence-corrected chi connectivity index (χ0v) is 16.7. The van der Waals surface area contributed by atoms with Gasteiger partial charge < -0.3 is 4.65 Å². The monoisotopic (exact) mass is 354 g/mol. The summed E-state index contributed by atoms with van der Waals surface area (Å²) in [6.07, 6.45) is 1.06. The molecule has 1 aliphatic heterocycles. The number of hydrogen-bond donors (Lipinski definition) is 0. The minimum absolute atomic E-state index is 0.0936. The first-order chi connectivity index (χ1) is 12.9. The van der Waals surface area contributed by atoms with Gasteiger partial charge in [-0.3, -0.25) is 0 Å². The Kier molecular flexibility index (Phi) is 4.48. The Hall–Kier alpha value is -2.32. The van der Waals surface area contributed by atoms with Gasteiger partial charge in [0.15, 0.2) is 0 Å². The molecule has 0 spiro atoms. The lowest BCUT2D eigenvalue weighted by atomic mass is 9.54. The topological polar surface area (TPSA) is 9.23 Å². The normalized spacial score (nSPS) is 17.9. The molecule has 1 fully saturated rings. The van der Waals surface area contributed by atoms with Crippen LogP contribution < -0.4 is 5.46 Å². The van der Waals surface area contributed by atoms with E-state index >= 15 is 0 Å². The molecule has 1 heterocycles. The van der Waals surface area contributed by atoms with E-state index in [0.717, 1.165) is 6.32 Å². The van der Waals surface area contributed by atoms with Crippen molar-refractivity contribution in [1.82, 2.24) is 0 Å². The van der Waals surface area contributed by atoms with Crippen LogP contribution in [0, 0.1) is 5.41 Å². The average Bonchev–Trinajstić information content (AvgIpc) is 2.90. The Balaban J connectivity index is 1.53. The molecule has 0 atom stereocenters. The van der Waals surface area contributed by atoms with Gasteiger partial charge in [-0.05, 0) is 53.3 Å². The maximum Gasteiger partial charge on any atom is 0.327 e. The van der Waals surface area contributed by atoms with Crippen molar-refractivity contribution in [2.24, 2.45) is 5.41 Å². The van der Waals surface area contributed by atoms with Crippen LogP contribution in [-0.2, 0) is 4.65 Å². The minimum Gasteiger partial charge on any atom is -0.426 e. The van der Waals surface area contributed by atoms with Gasteiger partial charge in [0.25, 0.3) is 0 Å². The molecule has 0 amide bonds. The standard InChI is InChI=1S/C25H27BO/c1-24(2)18-26(27-25(24,3)4)23-16-14-22(15-17-23)21-12-10-20(11-13-21)19-8-6-5-7-9-19/h5-17H,18H2,1-4H3. The summed E-state index contributed by atoms with van der Waals surface area (Å²) in [6, 6.07) is 28.2. The molecule has 136 valence electrons. The average molecular weight is 354 g/mol. The molecule has 1 saturated heterocycles. The third-order valence-corrected chi connectivity index (χ3v) is 6.37. The third-order valence-electron chi connectivity index (χ3n) is 6.37. The molecule has 4 rings (SSSR count). The lowest BCUT2D eigenvalue weighted by Crippen LogP contribution is -2.36. The molecule has 27 heavy (non-hydrogen) atoms. The fourth-order valence-electron chi connectivity index (χ4n) is 3.83. The second-order valence-corrected chi connectivity index (χ2v) is 8.77. The number of rotatable bonds is 3. The highest BCUT2D eigenvalue weighted by Crippen LogP contribution is 2.45. The van der Waals surface area contributed by atoms with Crippen molar-refractivity contribution in [3.8, 4) is 22.3 Å². The predicted molar refractivity (Wildman–Crippen MR) is 116 cm³/mol. The van der Waals surface area contributed by atoms with Gasteiger partial charge in [0.1, 0.15) is 0 Å². The highest BCUT2D eigenvalue weighted by Gasteiger charge is 2.49. The van der Waals surface area contributed by atoms with E-state index < -0.39 is 0 Å². The van der Waals surface area contributed by atoms with Gasteiger partial charge in [-0.2, -0.15) is 0 Å². The van der Waals surface area contributed by atoms with Crippen LogP contribution in [0.15, 0.2) is 78.9 Å². The molecule has 0 radical (unpaired) electrons. The quantitative estimate of drug-likeness (QED) is 0.520. The lowest BCUT2D eigenvalue weighted by molar-refractivity contribution is 0.0375. The molecular formula is C25H27BO. The molecule has 0 aliphatic carbocycles. The van der Waals surface area contributed by atoms with Crippen LogP contribution in [0.3, 0.4) is 0 Å². The Morgan fingerprint density at radius 3 is 1.52 bits per heavy atom. The SMILES string of the molecule is CC1(C)CB(c2ccc(-c3ccc(-c4ccccc4)cc3)cc2)OC1(C)C. The van der Waals surface area contributed by atoms with Gasteiger partial charge in [-0.15, -0.1) is 0 Å². The molecule has 1 nitrogen and oxygen atoms in total. The van der Waals surface area contributed by atoms with E-state index in [-0.39, 0.29) is 17.9 Å². The van der Waals surface area contributed by atoms with Gasteiger partial charge in [-0.1, -0.05) is 92.7 Å². The number of benzene rings is 3. The van der Waals surface area contributed by atoms with E-state index in [9.17, 15) is 0 Å². The first-order valence-electron chi connectivity index (χ1n) is 9.79. The highest BCUT2D eigenvalue weighted by atomic mass is 16.5. The van der Waals surface area contributed by atoms with Crippen LogP contribution in [0.2, 0.25) is 6.32 Å². The van der Waals surface area contributed by atoms with Crippen molar-refractivity contribution in [1.29, 1.82) is 0 Å². The van der Waals surface area contributed by atoms with E-state index in [2.05, 4.69) is 107 Å². The molecule has 0 aromatic heterocycles. The van der Waals surface area contributed by atoms with Crippen LogP contribution in [0.4, 0.5) is 0 Å². The molecule has 1 aliphatic rings. The van der Waals surface area contributed by atoms with E-state index in [1.54, 1.807) is 0 Å². The summed E-state index contributed by atoms with van der Waals surface area (Å²) < 4.78 is 6.36. The molecule has 2 heteroatoms. The summed E-state index contributed by atoms with van der Waals surface area (Å²) in [5.74, 6) is 0. The van der Waals surface area contributed by atoms with Gasteiger partial charge in [0.05, 0.1) is 5.60 Å². The van der Waals surface area contributed by atoms with Crippen LogP contribution in [0.25, 0.3) is 22.3 Å². The molecule has 3 aromatic carbocycles. The largest absolute Gasteiger partial charge is 0.426 e. The zero-order valence-electron chi connectivity index (χ0n) is 16.7. The predicted octanol–water partition coefficient (Wildman–Crippen LogP) is 6.05. The van der Waals surface area contributed by atoms with Crippen molar-refractivity contribution in [3.05, 3.63) is 78.9 Å². The second-order valence-electron chi connectivity index (χ2n) is 8.77. The van der Waals surface area contributed by atoms with Crippen molar-refractivity contribution in [2.75, 3.05) is 0 Å². The minimum atomic E-state index is -0.0936. The summed E-state index contributed by atoms with van der Waals surface area (Å²) in [7, 11) is 0. The van der Waals surface area contributed by atoms with Crippen molar-refractivity contribution in [3.63, 3.8) is 0 Å². The summed E-state index contributed by atoms with van der Waals surface area (Å²) >= 11 is 0. The Bertz CT molecular complexity index is 893. The summed E-state index contributed by atoms with van der Waals surface area (Å²) in [5.41, 5.74) is 6.36. The van der Waals surface area contributed by atoms with Crippen LogP contribution in [-0.4, -0.2) is 12.5 Å². The van der Waals surface area contributed by atoms with Gasteiger partial charge in [0, 0.05) is 0 Å². The first-order valence-corrected chi connectivity index (χ1v) is 9.79. The first kappa shape index (κ1) is 18.1. The molecule has 3 aromatic rings. The number of hydrogen-bond acceptors (Lipinski definition) is 1. The Morgan fingerprint density at radius 1 is 0.630 bits per heavy atom. The summed E-state index contributed by atoms with van der Waals surface area (Å²) in [6.45, 7) is 9.20. The van der Waals surface area contributed by atoms with E-state index in [0.29, 0.717) is 0 Å². The van der Waals surface area contributed by atoms with Gasteiger partial charge >= 0.3 is 6.92 Å². The Morgan fingerprint density at radius 2 is 1.07 bits per heavy atom.